The van der Waals surface area contributed by atoms with Crippen LogP contribution in [0.5, 0.6) is 0 Å². The van der Waals surface area contributed by atoms with Gasteiger partial charge in [0.2, 0.25) is 0 Å². The Balaban J connectivity index is 1.91. The fourth-order valence-corrected chi connectivity index (χ4v) is 3.53. The van der Waals surface area contributed by atoms with Gasteiger partial charge in [-0.3, -0.25) is 4.72 Å². The number of H-pyrrole nitrogens is 1. The third-order valence-electron chi connectivity index (χ3n) is 3.94. The maximum atomic E-state index is 13.9. The van der Waals surface area contributed by atoms with E-state index in [2.05, 4.69) is 4.98 Å². The third-order valence-corrected chi connectivity index (χ3v) is 5.28. The van der Waals surface area contributed by atoms with E-state index < -0.39 is 39.1 Å². The van der Waals surface area contributed by atoms with Gasteiger partial charge in [-0.15, -0.1) is 0 Å². The van der Waals surface area contributed by atoms with Gasteiger partial charge in [-0.05, 0) is 24.6 Å². The van der Waals surface area contributed by atoms with Crippen LogP contribution in [0.1, 0.15) is 11.1 Å². The number of benzene rings is 2. The Morgan fingerprint density at radius 1 is 0.964 bits per heavy atom. The number of halogens is 5. The number of anilines is 1. The largest absolute Gasteiger partial charge is 0.419 e. The van der Waals surface area contributed by atoms with Crippen molar-refractivity contribution in [2.24, 2.45) is 0 Å². The van der Waals surface area contributed by atoms with E-state index in [-0.39, 0.29) is 17.0 Å². The number of hydrogen-bond acceptors (Lipinski definition) is 2. The Morgan fingerprint density at radius 3 is 2.21 bits per heavy atom. The fourth-order valence-electron chi connectivity index (χ4n) is 2.48. The van der Waals surface area contributed by atoms with E-state index in [1.165, 1.54) is 6.07 Å². The van der Waals surface area contributed by atoms with E-state index in [1.54, 1.807) is 16.9 Å². The zero-order valence-electron chi connectivity index (χ0n) is 14.2. The van der Waals surface area contributed by atoms with Gasteiger partial charge in [-0.2, -0.15) is 13.2 Å². The first kappa shape index (κ1) is 19.9. The van der Waals surface area contributed by atoms with Crippen molar-refractivity contribution in [2.45, 2.75) is 18.0 Å². The summed E-state index contributed by atoms with van der Waals surface area (Å²) in [4.78, 5) is 2.46. The minimum absolute atomic E-state index is 0.0952. The van der Waals surface area contributed by atoms with E-state index >= 15 is 0 Å². The molecule has 0 atom stereocenters. The molecular weight excluding hydrogens is 403 g/mol. The van der Waals surface area contributed by atoms with Crippen molar-refractivity contribution in [2.75, 3.05) is 4.72 Å². The number of sulfonamides is 1. The van der Waals surface area contributed by atoms with E-state index in [4.69, 9.17) is 0 Å². The third kappa shape index (κ3) is 4.01. The molecule has 148 valence electrons. The van der Waals surface area contributed by atoms with Crippen LogP contribution in [0, 0.1) is 18.6 Å². The molecule has 0 bridgehead atoms. The Bertz CT molecular complexity index is 1120. The first-order valence-corrected chi connectivity index (χ1v) is 9.30. The smallest absolute Gasteiger partial charge is 0.360 e. The molecule has 0 saturated carbocycles. The Labute approximate surface area is 157 Å². The van der Waals surface area contributed by atoms with Gasteiger partial charge in [0.1, 0.15) is 16.5 Å². The molecule has 0 aliphatic heterocycles. The van der Waals surface area contributed by atoms with E-state index in [1.807, 2.05) is 19.1 Å². The topological polar surface area (TPSA) is 62.0 Å². The van der Waals surface area contributed by atoms with Crippen LogP contribution >= 0.6 is 0 Å². The molecule has 0 amide bonds. The van der Waals surface area contributed by atoms with Crippen LogP contribution in [-0.2, 0) is 16.2 Å². The van der Waals surface area contributed by atoms with Gasteiger partial charge >= 0.3 is 6.18 Å². The Morgan fingerprint density at radius 2 is 1.61 bits per heavy atom. The van der Waals surface area contributed by atoms with Gasteiger partial charge in [-0.25, -0.2) is 17.2 Å². The van der Waals surface area contributed by atoms with Crippen LogP contribution < -0.4 is 4.72 Å². The first-order chi connectivity index (χ1) is 13.0. The summed E-state index contributed by atoms with van der Waals surface area (Å²) in [5, 5.41) is 0. The van der Waals surface area contributed by atoms with Crippen LogP contribution in [0.3, 0.4) is 0 Å². The Hall–Kier alpha value is -2.88. The molecule has 2 N–H and O–H groups in total. The van der Waals surface area contributed by atoms with Crippen LogP contribution in [0.4, 0.5) is 27.6 Å². The second-order valence-electron chi connectivity index (χ2n) is 6.03. The van der Waals surface area contributed by atoms with Crippen LogP contribution in [0.2, 0.25) is 0 Å². The van der Waals surface area contributed by atoms with Crippen molar-refractivity contribution in [1.82, 2.24) is 4.98 Å². The molecule has 4 nitrogen and oxygen atoms in total. The summed E-state index contributed by atoms with van der Waals surface area (Å²) in [5.41, 5.74) is -0.595. The Kier molecular flexibility index (Phi) is 4.92. The molecule has 3 rings (SSSR count). The molecule has 0 unspecified atom stereocenters. The number of rotatable bonds is 4. The van der Waals surface area contributed by atoms with Gasteiger partial charge in [0, 0.05) is 18.0 Å². The fraction of sp³-hybridized carbons (Fsp3) is 0.111. The number of aryl methyl sites for hydroxylation is 1. The second kappa shape index (κ2) is 6.93. The van der Waals surface area contributed by atoms with Gasteiger partial charge in [0.15, 0.2) is 0 Å². The van der Waals surface area contributed by atoms with Crippen molar-refractivity contribution in [3.63, 3.8) is 0 Å². The first-order valence-electron chi connectivity index (χ1n) is 7.82. The zero-order chi connectivity index (χ0) is 20.7. The van der Waals surface area contributed by atoms with Gasteiger partial charge in [0.25, 0.3) is 10.0 Å². The number of alkyl halides is 3. The lowest BCUT2D eigenvalue weighted by Gasteiger charge is -2.12. The number of aromatic amines is 1. The summed E-state index contributed by atoms with van der Waals surface area (Å²) in [7, 11) is -4.37. The van der Waals surface area contributed by atoms with Gasteiger partial charge < -0.3 is 4.98 Å². The highest BCUT2D eigenvalue weighted by molar-refractivity contribution is 7.92. The molecule has 28 heavy (non-hydrogen) atoms. The monoisotopic (exact) mass is 416 g/mol. The van der Waals surface area contributed by atoms with Crippen molar-refractivity contribution < 1.29 is 30.4 Å². The lowest BCUT2D eigenvalue weighted by molar-refractivity contribution is -0.140. The molecule has 0 radical (unpaired) electrons. The summed E-state index contributed by atoms with van der Waals surface area (Å²) in [6, 6.07) is 8.49. The standard InChI is InChI=1S/C18H13F5N2O2S/c1-10-2-4-11(5-3-10)16-6-12(9-24-16)28(26,27)25-17-8-14(19)13(7-15(17)20)18(21,22)23/h2-9,24-25H,1H3. The van der Waals surface area contributed by atoms with Crippen molar-refractivity contribution in [3.05, 3.63) is 71.4 Å². The lowest BCUT2D eigenvalue weighted by atomic mass is 10.1. The SMILES string of the molecule is Cc1ccc(-c2cc(S(=O)(=O)Nc3cc(F)c(C(F)(F)F)cc3F)c[nH]2)cc1. The van der Waals surface area contributed by atoms with Gasteiger partial charge in [0.05, 0.1) is 11.3 Å². The van der Waals surface area contributed by atoms with Gasteiger partial charge in [-0.1, -0.05) is 29.8 Å². The summed E-state index contributed by atoms with van der Waals surface area (Å²) in [6.07, 6.45) is -3.97. The molecule has 0 aliphatic carbocycles. The van der Waals surface area contributed by atoms with E-state index in [9.17, 15) is 30.4 Å². The summed E-state index contributed by atoms with van der Waals surface area (Å²) in [5.74, 6) is -3.34. The lowest BCUT2D eigenvalue weighted by Crippen LogP contribution is -2.15. The molecule has 0 spiro atoms. The van der Waals surface area contributed by atoms with Crippen molar-refractivity contribution in [1.29, 1.82) is 0 Å². The molecular formula is C18H13F5N2O2S. The van der Waals surface area contributed by atoms with E-state index in [0.717, 1.165) is 11.8 Å². The highest BCUT2D eigenvalue weighted by Crippen LogP contribution is 2.34. The average molecular weight is 416 g/mol. The summed E-state index contributed by atoms with van der Waals surface area (Å²) < 4.78 is 91.9. The van der Waals surface area contributed by atoms with Crippen molar-refractivity contribution in [3.8, 4) is 11.3 Å². The molecule has 3 aromatic rings. The van der Waals surface area contributed by atoms with Crippen LogP contribution in [-0.4, -0.2) is 13.4 Å². The molecule has 1 heterocycles. The van der Waals surface area contributed by atoms with Crippen molar-refractivity contribution >= 4 is 15.7 Å². The maximum Gasteiger partial charge on any atom is 0.419 e. The molecule has 1 aromatic heterocycles. The number of aromatic nitrogens is 1. The molecule has 0 aliphatic rings. The predicted octanol–water partition coefficient (Wildman–Crippen LogP) is 5.09. The zero-order valence-corrected chi connectivity index (χ0v) is 15.0. The molecule has 10 heteroatoms. The summed E-state index contributed by atoms with van der Waals surface area (Å²) in [6.45, 7) is 1.88. The second-order valence-corrected chi connectivity index (χ2v) is 7.71. The van der Waals surface area contributed by atoms with Crippen LogP contribution in [0.15, 0.2) is 53.6 Å². The quantitative estimate of drug-likeness (QED) is 0.582. The number of hydrogen-bond donors (Lipinski definition) is 2. The summed E-state index contributed by atoms with van der Waals surface area (Å²) >= 11 is 0. The minimum Gasteiger partial charge on any atom is -0.360 e. The molecule has 0 fully saturated rings. The van der Waals surface area contributed by atoms with Crippen LogP contribution in [0.25, 0.3) is 11.3 Å². The molecule has 0 saturated heterocycles. The maximum absolute atomic E-state index is 13.9. The predicted molar refractivity (Wildman–Crippen MR) is 93.1 cm³/mol. The number of nitrogens with one attached hydrogen (secondary N) is 2. The van der Waals surface area contributed by atoms with E-state index in [0.29, 0.717) is 11.3 Å². The average Bonchev–Trinajstić information content (AvgIpc) is 3.08. The highest BCUT2D eigenvalue weighted by atomic mass is 32.2. The molecule has 2 aromatic carbocycles. The minimum atomic E-state index is -5.11. The normalized spacial score (nSPS) is 12.2. The highest BCUT2D eigenvalue weighted by Gasteiger charge is 2.35.